The van der Waals surface area contributed by atoms with Crippen molar-refractivity contribution in [2.75, 3.05) is 0 Å². The lowest BCUT2D eigenvalue weighted by molar-refractivity contribution is -0.138. The maximum absolute atomic E-state index is 12.4. The van der Waals surface area contributed by atoms with Gasteiger partial charge in [-0.1, -0.05) is 12.1 Å². The maximum Gasteiger partial charge on any atom is 0.416 e. The van der Waals surface area contributed by atoms with Crippen LogP contribution in [0.3, 0.4) is 0 Å². The molecular weight excluding hydrogens is 295 g/mol. The summed E-state index contributed by atoms with van der Waals surface area (Å²) in [5.41, 5.74) is -0.400. The van der Waals surface area contributed by atoms with Crippen molar-refractivity contribution < 1.29 is 28.2 Å². The third kappa shape index (κ3) is 3.08. The Morgan fingerprint density at radius 3 is 2.35 bits per heavy atom. The minimum Gasteiger partial charge on any atom is -0.492 e. The summed E-state index contributed by atoms with van der Waals surface area (Å²) >= 11 is 0.931. The van der Waals surface area contributed by atoms with Crippen molar-refractivity contribution in [2.45, 2.75) is 12.6 Å². The van der Waals surface area contributed by atoms with E-state index in [-0.39, 0.29) is 16.3 Å². The summed E-state index contributed by atoms with van der Waals surface area (Å²) in [4.78, 5) is 14.5. The number of thiazole rings is 1. The number of hydrogen-bond donors (Lipinski definition) is 2. The molecule has 0 atom stereocenters. The number of halogens is 3. The SMILES string of the molecule is O=C(O)Cc1sc(-c2ccc(C(F)(F)F)cc2)nc1O. The Morgan fingerprint density at radius 1 is 1.25 bits per heavy atom. The number of aliphatic carboxylic acids is 1. The Bertz CT molecular complexity index is 634. The van der Waals surface area contributed by atoms with E-state index in [2.05, 4.69) is 4.98 Å². The quantitative estimate of drug-likeness (QED) is 0.913. The Morgan fingerprint density at radius 2 is 1.85 bits per heavy atom. The van der Waals surface area contributed by atoms with Crippen LogP contribution in [0.1, 0.15) is 10.4 Å². The van der Waals surface area contributed by atoms with Crippen LogP contribution in [0.25, 0.3) is 10.6 Å². The average Bonchev–Trinajstić information content (AvgIpc) is 2.69. The highest BCUT2D eigenvalue weighted by molar-refractivity contribution is 7.15. The van der Waals surface area contributed by atoms with Crippen LogP contribution in [0.5, 0.6) is 5.88 Å². The minimum absolute atomic E-state index is 0.160. The molecule has 0 radical (unpaired) electrons. The van der Waals surface area contributed by atoms with E-state index in [4.69, 9.17) is 5.11 Å². The van der Waals surface area contributed by atoms with Gasteiger partial charge in [0.15, 0.2) is 0 Å². The first kappa shape index (κ1) is 14.3. The molecule has 0 bridgehead atoms. The standard InChI is InChI=1S/C12H8F3NO3S/c13-12(14,15)7-3-1-6(2-4-7)11-16-10(19)8(20-11)5-9(17)18/h1-4,19H,5H2,(H,17,18). The molecule has 4 nitrogen and oxygen atoms in total. The molecule has 0 saturated carbocycles. The van der Waals surface area contributed by atoms with Crippen LogP contribution < -0.4 is 0 Å². The largest absolute Gasteiger partial charge is 0.492 e. The molecule has 8 heteroatoms. The van der Waals surface area contributed by atoms with E-state index in [1.165, 1.54) is 12.1 Å². The Labute approximate surface area is 115 Å². The first-order chi connectivity index (χ1) is 9.27. The molecule has 0 saturated heterocycles. The molecule has 1 heterocycles. The van der Waals surface area contributed by atoms with Gasteiger partial charge in [-0.2, -0.15) is 13.2 Å². The number of benzene rings is 1. The lowest BCUT2D eigenvalue weighted by atomic mass is 10.1. The highest BCUT2D eigenvalue weighted by Gasteiger charge is 2.30. The summed E-state index contributed by atoms with van der Waals surface area (Å²) in [5, 5.41) is 18.4. The number of nitrogens with zero attached hydrogens (tertiary/aromatic N) is 1. The van der Waals surface area contributed by atoms with Gasteiger partial charge in [0.25, 0.3) is 0 Å². The predicted octanol–water partition coefficient (Wildman–Crippen LogP) is 3.16. The third-order valence-electron chi connectivity index (χ3n) is 2.45. The normalized spacial score (nSPS) is 11.6. The first-order valence-electron chi connectivity index (χ1n) is 5.35. The summed E-state index contributed by atoms with van der Waals surface area (Å²) in [6, 6.07) is 4.27. The van der Waals surface area contributed by atoms with Crippen LogP contribution in [-0.4, -0.2) is 21.2 Å². The third-order valence-corrected chi connectivity index (χ3v) is 3.54. The van der Waals surface area contributed by atoms with Crippen LogP contribution in [-0.2, 0) is 17.4 Å². The smallest absolute Gasteiger partial charge is 0.416 e. The second kappa shape index (κ2) is 5.12. The monoisotopic (exact) mass is 303 g/mol. The van der Waals surface area contributed by atoms with Gasteiger partial charge in [-0.15, -0.1) is 11.3 Å². The minimum atomic E-state index is -4.42. The summed E-state index contributed by atoms with van der Waals surface area (Å²) in [7, 11) is 0. The Kier molecular flexibility index (Phi) is 3.67. The van der Waals surface area contributed by atoms with Gasteiger partial charge in [-0.3, -0.25) is 4.79 Å². The second-order valence-corrected chi connectivity index (χ2v) is 5.00. The number of rotatable bonds is 3. The predicted molar refractivity (Wildman–Crippen MR) is 65.6 cm³/mol. The molecule has 0 aliphatic heterocycles. The Balaban J connectivity index is 2.30. The zero-order chi connectivity index (χ0) is 14.9. The fourth-order valence-electron chi connectivity index (χ4n) is 1.52. The van der Waals surface area contributed by atoms with Gasteiger partial charge >= 0.3 is 12.1 Å². The molecule has 20 heavy (non-hydrogen) atoms. The number of aromatic hydroxyl groups is 1. The number of alkyl halides is 3. The van der Waals surface area contributed by atoms with E-state index in [0.29, 0.717) is 5.56 Å². The molecule has 106 valence electrons. The van der Waals surface area contributed by atoms with Crippen molar-refractivity contribution in [3.63, 3.8) is 0 Å². The van der Waals surface area contributed by atoms with Crippen LogP contribution in [0.15, 0.2) is 24.3 Å². The van der Waals surface area contributed by atoms with Gasteiger partial charge in [0.05, 0.1) is 16.9 Å². The Hall–Kier alpha value is -2.09. The molecule has 0 amide bonds. The van der Waals surface area contributed by atoms with E-state index in [0.717, 1.165) is 23.5 Å². The van der Waals surface area contributed by atoms with Crippen molar-refractivity contribution in [3.8, 4) is 16.5 Å². The van der Waals surface area contributed by atoms with Crippen LogP contribution in [0.4, 0.5) is 13.2 Å². The molecular formula is C12H8F3NO3S. The highest BCUT2D eigenvalue weighted by atomic mass is 32.1. The molecule has 0 aliphatic carbocycles. The van der Waals surface area contributed by atoms with E-state index in [1.807, 2.05) is 0 Å². The summed E-state index contributed by atoms with van der Waals surface area (Å²) in [6.07, 6.45) is -4.80. The maximum atomic E-state index is 12.4. The van der Waals surface area contributed by atoms with Crippen LogP contribution in [0.2, 0.25) is 0 Å². The van der Waals surface area contributed by atoms with E-state index in [1.54, 1.807) is 0 Å². The van der Waals surface area contributed by atoms with Gasteiger partial charge in [-0.05, 0) is 12.1 Å². The molecule has 2 N–H and O–H groups in total. The average molecular weight is 303 g/mol. The zero-order valence-electron chi connectivity index (χ0n) is 9.81. The topological polar surface area (TPSA) is 70.4 Å². The van der Waals surface area contributed by atoms with Crippen molar-refractivity contribution in [1.29, 1.82) is 0 Å². The molecule has 0 unspecified atom stereocenters. The number of aromatic nitrogens is 1. The van der Waals surface area contributed by atoms with Crippen LogP contribution >= 0.6 is 11.3 Å². The zero-order valence-corrected chi connectivity index (χ0v) is 10.6. The van der Waals surface area contributed by atoms with Gasteiger partial charge in [0.2, 0.25) is 5.88 Å². The molecule has 1 aromatic carbocycles. The van der Waals surface area contributed by atoms with Gasteiger partial charge in [0.1, 0.15) is 5.01 Å². The lowest BCUT2D eigenvalue weighted by Gasteiger charge is -2.06. The van der Waals surface area contributed by atoms with Gasteiger partial charge < -0.3 is 10.2 Å². The number of hydrogen-bond acceptors (Lipinski definition) is 4. The fourth-order valence-corrected chi connectivity index (χ4v) is 2.47. The van der Waals surface area contributed by atoms with Gasteiger partial charge in [0, 0.05) is 5.56 Å². The van der Waals surface area contributed by atoms with Crippen molar-refractivity contribution in [3.05, 3.63) is 34.7 Å². The summed E-state index contributed by atoms with van der Waals surface area (Å²) in [6.45, 7) is 0. The molecule has 0 aliphatic rings. The first-order valence-corrected chi connectivity index (χ1v) is 6.17. The number of carbonyl (C=O) groups is 1. The lowest BCUT2D eigenvalue weighted by Crippen LogP contribution is -2.03. The molecule has 2 aromatic rings. The van der Waals surface area contributed by atoms with E-state index in [9.17, 15) is 23.1 Å². The second-order valence-electron chi connectivity index (χ2n) is 3.91. The van der Waals surface area contributed by atoms with E-state index >= 15 is 0 Å². The molecule has 0 fully saturated rings. The number of carboxylic acid groups (broad SMARTS) is 1. The van der Waals surface area contributed by atoms with Crippen molar-refractivity contribution in [1.82, 2.24) is 4.98 Å². The van der Waals surface area contributed by atoms with Crippen molar-refractivity contribution >= 4 is 17.3 Å². The summed E-state index contributed by atoms with van der Waals surface area (Å²) in [5.74, 6) is -1.53. The number of carboxylic acids is 1. The van der Waals surface area contributed by atoms with Crippen LogP contribution in [0, 0.1) is 0 Å². The summed E-state index contributed by atoms with van der Waals surface area (Å²) < 4.78 is 37.2. The fraction of sp³-hybridized carbons (Fsp3) is 0.167. The molecule has 0 spiro atoms. The molecule has 1 aromatic heterocycles. The highest BCUT2D eigenvalue weighted by Crippen LogP contribution is 2.34. The van der Waals surface area contributed by atoms with Crippen molar-refractivity contribution in [2.24, 2.45) is 0 Å². The molecule has 2 rings (SSSR count). The van der Waals surface area contributed by atoms with Gasteiger partial charge in [-0.25, -0.2) is 4.98 Å². The van der Waals surface area contributed by atoms with E-state index < -0.39 is 23.6 Å².